The van der Waals surface area contributed by atoms with Gasteiger partial charge < -0.3 is 14.1 Å². The summed E-state index contributed by atoms with van der Waals surface area (Å²) >= 11 is 0. The number of hydrogen-bond acceptors (Lipinski definition) is 5. The predicted octanol–water partition coefficient (Wildman–Crippen LogP) is 3.64. The van der Waals surface area contributed by atoms with Crippen molar-refractivity contribution < 1.29 is 18.3 Å². The largest absolute Gasteiger partial charge is 0.497 e. The molecule has 1 aliphatic heterocycles. The molecule has 1 amide bonds. The molecule has 0 N–H and O–H groups in total. The maximum absolute atomic E-state index is 13.4. The van der Waals surface area contributed by atoms with E-state index >= 15 is 0 Å². The van der Waals surface area contributed by atoms with Crippen LogP contribution >= 0.6 is 0 Å². The lowest BCUT2D eigenvalue weighted by Gasteiger charge is -2.34. The molecule has 1 aromatic heterocycles. The van der Waals surface area contributed by atoms with E-state index in [0.29, 0.717) is 32.1 Å². The third-order valence-corrected chi connectivity index (χ3v) is 5.26. The summed E-state index contributed by atoms with van der Waals surface area (Å²) in [7, 11) is 1.63. The van der Waals surface area contributed by atoms with Crippen molar-refractivity contribution in [2.75, 3.05) is 26.7 Å². The first-order chi connectivity index (χ1) is 14.5. The van der Waals surface area contributed by atoms with Crippen LogP contribution in [0.5, 0.6) is 5.75 Å². The molecule has 1 aliphatic rings. The summed E-state index contributed by atoms with van der Waals surface area (Å²) in [5, 5.41) is 0. The van der Waals surface area contributed by atoms with Crippen LogP contribution in [0.1, 0.15) is 17.0 Å². The Morgan fingerprint density at radius 2 is 1.93 bits per heavy atom. The van der Waals surface area contributed by atoms with Crippen LogP contribution in [-0.4, -0.2) is 47.4 Å². The predicted molar refractivity (Wildman–Crippen MR) is 110 cm³/mol. The number of amides is 1. The highest BCUT2D eigenvalue weighted by Gasteiger charge is 2.25. The van der Waals surface area contributed by atoms with Gasteiger partial charge in [0.1, 0.15) is 17.3 Å². The SMILES string of the molecule is COc1ccc(-c2nc(CN3CCN(Cc4cccc(F)c4)C(=O)C3)c(C)o2)cc1. The zero-order valence-electron chi connectivity index (χ0n) is 17.1. The molecule has 2 heterocycles. The van der Waals surface area contributed by atoms with Crippen LogP contribution in [0.4, 0.5) is 4.39 Å². The fraction of sp³-hybridized carbons (Fsp3) is 0.304. The molecule has 6 nitrogen and oxygen atoms in total. The maximum atomic E-state index is 13.4. The van der Waals surface area contributed by atoms with Crippen LogP contribution in [0, 0.1) is 12.7 Å². The second kappa shape index (κ2) is 8.67. The molecule has 4 rings (SSSR count). The molecule has 0 radical (unpaired) electrons. The third-order valence-electron chi connectivity index (χ3n) is 5.26. The van der Waals surface area contributed by atoms with Crippen molar-refractivity contribution in [1.82, 2.24) is 14.8 Å². The Balaban J connectivity index is 1.38. The van der Waals surface area contributed by atoms with Crippen LogP contribution in [0.15, 0.2) is 52.9 Å². The zero-order valence-corrected chi connectivity index (χ0v) is 17.1. The molecule has 1 saturated heterocycles. The minimum Gasteiger partial charge on any atom is -0.497 e. The molecule has 0 atom stereocenters. The number of aryl methyl sites for hydroxylation is 1. The highest BCUT2D eigenvalue weighted by atomic mass is 19.1. The molecule has 1 fully saturated rings. The molecule has 3 aromatic rings. The van der Waals surface area contributed by atoms with Crippen LogP contribution in [0.3, 0.4) is 0 Å². The van der Waals surface area contributed by atoms with Crippen LogP contribution in [0.25, 0.3) is 11.5 Å². The lowest BCUT2D eigenvalue weighted by atomic mass is 10.2. The van der Waals surface area contributed by atoms with Gasteiger partial charge in [-0.2, -0.15) is 0 Å². The highest BCUT2D eigenvalue weighted by molar-refractivity contribution is 5.79. The number of aromatic nitrogens is 1. The topological polar surface area (TPSA) is 58.8 Å². The maximum Gasteiger partial charge on any atom is 0.237 e. The van der Waals surface area contributed by atoms with E-state index in [4.69, 9.17) is 9.15 Å². The monoisotopic (exact) mass is 409 g/mol. The number of halogens is 1. The molecule has 2 aromatic carbocycles. The van der Waals surface area contributed by atoms with Crippen molar-refractivity contribution >= 4 is 5.91 Å². The van der Waals surface area contributed by atoms with Crippen molar-refractivity contribution in [2.45, 2.75) is 20.0 Å². The van der Waals surface area contributed by atoms with Crippen molar-refractivity contribution in [2.24, 2.45) is 0 Å². The van der Waals surface area contributed by atoms with Gasteiger partial charge in [-0.3, -0.25) is 9.69 Å². The van der Waals surface area contributed by atoms with Crippen molar-refractivity contribution in [3.8, 4) is 17.2 Å². The molecule has 7 heteroatoms. The summed E-state index contributed by atoms with van der Waals surface area (Å²) < 4.78 is 24.4. The number of ether oxygens (including phenoxy) is 1. The van der Waals surface area contributed by atoms with Gasteiger partial charge in [0.05, 0.1) is 19.3 Å². The number of methoxy groups -OCH3 is 1. The summed E-state index contributed by atoms with van der Waals surface area (Å²) in [6.07, 6.45) is 0. The smallest absolute Gasteiger partial charge is 0.237 e. The summed E-state index contributed by atoms with van der Waals surface area (Å²) in [6.45, 7) is 4.49. The molecule has 0 unspecified atom stereocenters. The van der Waals surface area contributed by atoms with Gasteiger partial charge in [0.25, 0.3) is 0 Å². The second-order valence-corrected chi connectivity index (χ2v) is 7.41. The number of carbonyl (C=O) groups is 1. The van der Waals surface area contributed by atoms with Gasteiger partial charge in [-0.15, -0.1) is 0 Å². The number of oxazole rings is 1. The average molecular weight is 409 g/mol. The van der Waals surface area contributed by atoms with E-state index in [2.05, 4.69) is 9.88 Å². The number of carbonyl (C=O) groups excluding carboxylic acids is 1. The van der Waals surface area contributed by atoms with Gasteiger partial charge in [-0.05, 0) is 48.9 Å². The molecule has 0 spiro atoms. The van der Waals surface area contributed by atoms with Crippen LogP contribution < -0.4 is 4.74 Å². The Labute approximate surface area is 174 Å². The Morgan fingerprint density at radius 1 is 1.13 bits per heavy atom. The van der Waals surface area contributed by atoms with Gasteiger partial charge in [-0.25, -0.2) is 9.37 Å². The van der Waals surface area contributed by atoms with Crippen LogP contribution in [0.2, 0.25) is 0 Å². The van der Waals surface area contributed by atoms with Gasteiger partial charge in [0.2, 0.25) is 11.8 Å². The van der Waals surface area contributed by atoms with Crippen molar-refractivity contribution in [1.29, 1.82) is 0 Å². The van der Waals surface area contributed by atoms with Gasteiger partial charge in [-0.1, -0.05) is 12.1 Å². The van der Waals surface area contributed by atoms with E-state index in [0.717, 1.165) is 34.9 Å². The average Bonchev–Trinajstić information content (AvgIpc) is 3.10. The normalized spacial score (nSPS) is 14.9. The second-order valence-electron chi connectivity index (χ2n) is 7.41. The van der Waals surface area contributed by atoms with Gasteiger partial charge >= 0.3 is 0 Å². The third kappa shape index (κ3) is 4.52. The quantitative estimate of drug-likeness (QED) is 0.622. The Morgan fingerprint density at radius 3 is 2.63 bits per heavy atom. The minimum atomic E-state index is -0.284. The lowest BCUT2D eigenvalue weighted by Crippen LogP contribution is -2.49. The summed E-state index contributed by atoms with van der Waals surface area (Å²) in [5.41, 5.74) is 2.50. The first-order valence-corrected chi connectivity index (χ1v) is 9.87. The number of benzene rings is 2. The summed E-state index contributed by atoms with van der Waals surface area (Å²) in [5.74, 6) is 1.82. The van der Waals surface area contributed by atoms with E-state index in [9.17, 15) is 9.18 Å². The first-order valence-electron chi connectivity index (χ1n) is 9.87. The van der Waals surface area contributed by atoms with Gasteiger partial charge in [0.15, 0.2) is 0 Å². The zero-order chi connectivity index (χ0) is 21.1. The van der Waals surface area contributed by atoms with E-state index in [1.165, 1.54) is 12.1 Å². The van der Waals surface area contributed by atoms with Crippen molar-refractivity contribution in [3.63, 3.8) is 0 Å². The molecule has 0 aliphatic carbocycles. The molecule has 0 bridgehead atoms. The van der Waals surface area contributed by atoms with E-state index in [1.54, 1.807) is 18.1 Å². The highest BCUT2D eigenvalue weighted by Crippen LogP contribution is 2.25. The minimum absolute atomic E-state index is 0.0297. The molecule has 156 valence electrons. The standard InChI is InChI=1S/C23H24FN3O3/c1-16-21(25-23(30-16)18-6-8-20(29-2)9-7-18)14-26-10-11-27(22(28)15-26)13-17-4-3-5-19(24)12-17/h3-9,12H,10-11,13-15H2,1-2H3. The van der Waals surface area contributed by atoms with Crippen molar-refractivity contribution in [3.05, 3.63) is 71.4 Å². The molecular formula is C23H24FN3O3. The number of nitrogens with zero attached hydrogens (tertiary/aromatic N) is 3. The fourth-order valence-corrected chi connectivity index (χ4v) is 3.56. The molecule has 30 heavy (non-hydrogen) atoms. The molecule has 0 saturated carbocycles. The summed E-state index contributed by atoms with van der Waals surface area (Å²) in [4.78, 5) is 21.1. The Hall–Kier alpha value is -3.19. The Kier molecular flexibility index (Phi) is 5.81. The fourth-order valence-electron chi connectivity index (χ4n) is 3.56. The number of piperazine rings is 1. The van der Waals surface area contributed by atoms with Gasteiger partial charge in [0, 0.05) is 31.7 Å². The van der Waals surface area contributed by atoms with Crippen LogP contribution in [-0.2, 0) is 17.9 Å². The lowest BCUT2D eigenvalue weighted by molar-refractivity contribution is -0.136. The van der Waals surface area contributed by atoms with E-state index in [1.807, 2.05) is 37.3 Å². The summed E-state index contributed by atoms with van der Waals surface area (Å²) in [6, 6.07) is 13.9. The van der Waals surface area contributed by atoms with E-state index < -0.39 is 0 Å². The Bertz CT molecular complexity index is 1030. The number of hydrogen-bond donors (Lipinski definition) is 0. The molecular weight excluding hydrogens is 385 g/mol. The number of rotatable bonds is 6. The first kappa shape index (κ1) is 20.1. The van der Waals surface area contributed by atoms with E-state index in [-0.39, 0.29) is 11.7 Å².